The van der Waals surface area contributed by atoms with E-state index in [9.17, 15) is 9.59 Å². The summed E-state index contributed by atoms with van der Waals surface area (Å²) >= 11 is 0. The largest absolute Gasteiger partial charge is 0.338 e. The lowest BCUT2D eigenvalue weighted by Gasteiger charge is -2.37. The monoisotopic (exact) mass is 289 g/mol. The van der Waals surface area contributed by atoms with Gasteiger partial charge in [-0.1, -0.05) is 17.7 Å². The van der Waals surface area contributed by atoms with Crippen molar-refractivity contribution in [3.05, 3.63) is 35.4 Å². The Bertz CT molecular complexity index is 523. The Hall–Kier alpha value is -1.88. The van der Waals surface area contributed by atoms with Crippen LogP contribution in [0.3, 0.4) is 0 Å². The molecule has 1 saturated heterocycles. The van der Waals surface area contributed by atoms with Gasteiger partial charge in [0, 0.05) is 31.7 Å². The molecule has 1 heterocycles. The number of hydrogen-bond acceptors (Lipinski definition) is 3. The van der Waals surface area contributed by atoms with Gasteiger partial charge in [0.05, 0.1) is 5.54 Å². The Kier molecular flexibility index (Phi) is 4.32. The maximum absolute atomic E-state index is 12.4. The van der Waals surface area contributed by atoms with Gasteiger partial charge in [-0.25, -0.2) is 0 Å². The lowest BCUT2D eigenvalue weighted by molar-refractivity contribution is -0.137. The molecule has 0 unspecified atom stereocenters. The maximum Gasteiger partial charge on any atom is 0.253 e. The normalized spacial score (nSPS) is 16.0. The maximum atomic E-state index is 12.4. The molecule has 1 fully saturated rings. The Morgan fingerprint density at radius 1 is 1.00 bits per heavy atom. The molecule has 0 saturated carbocycles. The molecule has 1 aliphatic heterocycles. The summed E-state index contributed by atoms with van der Waals surface area (Å²) in [6, 6.07) is 7.56. The average Bonchev–Trinajstić information content (AvgIpc) is 2.46. The number of benzene rings is 1. The first-order valence-electron chi connectivity index (χ1n) is 7.23. The summed E-state index contributed by atoms with van der Waals surface area (Å²) < 4.78 is 0. The highest BCUT2D eigenvalue weighted by Crippen LogP contribution is 2.12. The number of hydrogen-bond donors (Lipinski definition) is 1. The van der Waals surface area contributed by atoms with Crippen molar-refractivity contribution in [2.75, 3.05) is 26.2 Å². The van der Waals surface area contributed by atoms with Crippen LogP contribution < -0.4 is 5.73 Å². The molecule has 0 atom stereocenters. The Balaban J connectivity index is 1.96. The molecule has 0 bridgehead atoms. The van der Waals surface area contributed by atoms with Crippen molar-refractivity contribution >= 4 is 11.8 Å². The fourth-order valence-electron chi connectivity index (χ4n) is 2.40. The first-order chi connectivity index (χ1) is 9.79. The summed E-state index contributed by atoms with van der Waals surface area (Å²) in [6.45, 7) is 7.59. The van der Waals surface area contributed by atoms with Crippen molar-refractivity contribution in [3.8, 4) is 0 Å². The third kappa shape index (κ3) is 3.61. The van der Waals surface area contributed by atoms with Gasteiger partial charge < -0.3 is 15.5 Å². The third-order valence-electron chi connectivity index (χ3n) is 3.70. The van der Waals surface area contributed by atoms with Gasteiger partial charge >= 0.3 is 0 Å². The van der Waals surface area contributed by atoms with Crippen LogP contribution in [0.25, 0.3) is 0 Å². The lowest BCUT2D eigenvalue weighted by atomic mass is 10.0. The van der Waals surface area contributed by atoms with E-state index in [2.05, 4.69) is 0 Å². The fraction of sp³-hybridized carbons (Fsp3) is 0.500. The molecule has 2 amide bonds. The van der Waals surface area contributed by atoms with Crippen LogP contribution in [0.15, 0.2) is 24.3 Å². The minimum absolute atomic E-state index is 0.0223. The van der Waals surface area contributed by atoms with Crippen LogP contribution in [0.1, 0.15) is 29.8 Å². The molecule has 21 heavy (non-hydrogen) atoms. The summed E-state index contributed by atoms with van der Waals surface area (Å²) in [4.78, 5) is 28.0. The summed E-state index contributed by atoms with van der Waals surface area (Å²) in [5.41, 5.74) is 6.81. The number of amides is 2. The highest BCUT2D eigenvalue weighted by Gasteiger charge is 2.31. The van der Waals surface area contributed by atoms with E-state index in [0.717, 1.165) is 5.56 Å². The van der Waals surface area contributed by atoms with Crippen molar-refractivity contribution in [1.29, 1.82) is 0 Å². The van der Waals surface area contributed by atoms with Gasteiger partial charge in [-0.15, -0.1) is 0 Å². The highest BCUT2D eigenvalue weighted by molar-refractivity contribution is 5.94. The minimum Gasteiger partial charge on any atom is -0.338 e. The van der Waals surface area contributed by atoms with Crippen molar-refractivity contribution < 1.29 is 9.59 Å². The van der Waals surface area contributed by atoms with Crippen LogP contribution in [-0.4, -0.2) is 53.3 Å². The van der Waals surface area contributed by atoms with E-state index in [1.165, 1.54) is 0 Å². The van der Waals surface area contributed by atoms with Gasteiger partial charge in [0.2, 0.25) is 5.91 Å². The molecule has 5 heteroatoms. The standard InChI is InChI=1S/C16H23N3O2/c1-12-4-6-13(7-5-12)14(20)18-8-10-19(11-9-18)15(21)16(2,3)17/h4-7H,8-11,17H2,1-3H3. The average molecular weight is 289 g/mol. The zero-order valence-electron chi connectivity index (χ0n) is 12.9. The lowest BCUT2D eigenvalue weighted by Crippen LogP contribution is -2.57. The second-order valence-electron chi connectivity index (χ2n) is 6.17. The smallest absolute Gasteiger partial charge is 0.253 e. The summed E-state index contributed by atoms with van der Waals surface area (Å²) in [5.74, 6) is -0.0426. The van der Waals surface area contributed by atoms with Crippen LogP contribution >= 0.6 is 0 Å². The number of piperazine rings is 1. The number of carbonyl (C=O) groups excluding carboxylic acids is 2. The topological polar surface area (TPSA) is 66.6 Å². The Morgan fingerprint density at radius 3 is 1.95 bits per heavy atom. The zero-order chi connectivity index (χ0) is 15.6. The van der Waals surface area contributed by atoms with E-state index in [0.29, 0.717) is 31.7 Å². The first kappa shape index (κ1) is 15.5. The van der Waals surface area contributed by atoms with E-state index in [1.807, 2.05) is 31.2 Å². The number of nitrogens with two attached hydrogens (primary N) is 1. The predicted molar refractivity (Wildman–Crippen MR) is 81.9 cm³/mol. The van der Waals surface area contributed by atoms with Crippen LogP contribution in [-0.2, 0) is 4.79 Å². The van der Waals surface area contributed by atoms with Gasteiger partial charge in [0.25, 0.3) is 5.91 Å². The van der Waals surface area contributed by atoms with Crippen molar-refractivity contribution in [2.45, 2.75) is 26.3 Å². The molecule has 2 rings (SSSR count). The predicted octanol–water partition coefficient (Wildman–Crippen LogP) is 1.02. The van der Waals surface area contributed by atoms with Crippen LogP contribution in [0.5, 0.6) is 0 Å². The van der Waals surface area contributed by atoms with Crippen LogP contribution in [0, 0.1) is 6.92 Å². The van der Waals surface area contributed by atoms with Gasteiger partial charge in [0.1, 0.15) is 0 Å². The molecule has 0 spiro atoms. The zero-order valence-corrected chi connectivity index (χ0v) is 12.9. The molecule has 1 aliphatic rings. The fourth-order valence-corrected chi connectivity index (χ4v) is 2.40. The van der Waals surface area contributed by atoms with Gasteiger partial charge in [-0.3, -0.25) is 9.59 Å². The van der Waals surface area contributed by atoms with E-state index in [1.54, 1.807) is 23.6 Å². The van der Waals surface area contributed by atoms with Crippen LogP contribution in [0.4, 0.5) is 0 Å². The molecular weight excluding hydrogens is 266 g/mol. The van der Waals surface area contributed by atoms with E-state index in [-0.39, 0.29) is 11.8 Å². The summed E-state index contributed by atoms with van der Waals surface area (Å²) in [6.07, 6.45) is 0. The number of carbonyl (C=O) groups is 2. The van der Waals surface area contributed by atoms with E-state index < -0.39 is 5.54 Å². The van der Waals surface area contributed by atoms with E-state index in [4.69, 9.17) is 5.73 Å². The number of rotatable bonds is 2. The molecule has 0 aliphatic carbocycles. The van der Waals surface area contributed by atoms with Crippen LogP contribution in [0.2, 0.25) is 0 Å². The summed E-state index contributed by atoms with van der Waals surface area (Å²) in [5, 5.41) is 0. The van der Waals surface area contributed by atoms with Crippen molar-refractivity contribution in [1.82, 2.24) is 9.80 Å². The molecular formula is C16H23N3O2. The van der Waals surface area contributed by atoms with Gasteiger partial charge in [0.15, 0.2) is 0 Å². The number of aryl methyl sites for hydroxylation is 1. The Morgan fingerprint density at radius 2 is 1.48 bits per heavy atom. The van der Waals surface area contributed by atoms with Crippen molar-refractivity contribution in [3.63, 3.8) is 0 Å². The number of nitrogens with zero attached hydrogens (tertiary/aromatic N) is 2. The minimum atomic E-state index is -0.858. The van der Waals surface area contributed by atoms with E-state index >= 15 is 0 Å². The Labute approximate surface area is 125 Å². The van der Waals surface area contributed by atoms with Gasteiger partial charge in [-0.05, 0) is 32.9 Å². The van der Waals surface area contributed by atoms with Crippen molar-refractivity contribution in [2.24, 2.45) is 5.73 Å². The highest BCUT2D eigenvalue weighted by atomic mass is 16.2. The molecule has 0 aromatic heterocycles. The molecule has 0 radical (unpaired) electrons. The first-order valence-corrected chi connectivity index (χ1v) is 7.23. The second-order valence-corrected chi connectivity index (χ2v) is 6.17. The molecule has 2 N–H and O–H groups in total. The third-order valence-corrected chi connectivity index (χ3v) is 3.70. The quantitative estimate of drug-likeness (QED) is 0.884. The molecule has 114 valence electrons. The molecule has 1 aromatic carbocycles. The summed E-state index contributed by atoms with van der Waals surface area (Å²) in [7, 11) is 0. The SMILES string of the molecule is Cc1ccc(C(=O)N2CCN(C(=O)C(C)(C)N)CC2)cc1. The molecule has 1 aromatic rings. The molecule has 5 nitrogen and oxygen atoms in total. The second kappa shape index (κ2) is 5.85. The van der Waals surface area contributed by atoms with Gasteiger partial charge in [-0.2, -0.15) is 0 Å².